The van der Waals surface area contributed by atoms with Crippen molar-refractivity contribution >= 4 is 22.9 Å². The number of piperidine rings is 1. The number of benzene rings is 1. The molecule has 0 bridgehead atoms. The Balaban J connectivity index is 1.22. The quantitative estimate of drug-likeness (QED) is 0.618. The average Bonchev–Trinajstić information content (AvgIpc) is 3.24. The summed E-state index contributed by atoms with van der Waals surface area (Å²) in [4.78, 5) is 33.6. The predicted octanol–water partition coefficient (Wildman–Crippen LogP) is 2.92. The minimum atomic E-state index is -0.139. The van der Waals surface area contributed by atoms with Crippen LogP contribution in [0.25, 0.3) is 11.1 Å². The van der Waals surface area contributed by atoms with E-state index in [-0.39, 0.29) is 23.7 Å². The number of hydrogen-bond acceptors (Lipinski definition) is 5. The summed E-state index contributed by atoms with van der Waals surface area (Å²) < 4.78 is 5.92. The Morgan fingerprint density at radius 3 is 2.33 bits per heavy atom. The van der Waals surface area contributed by atoms with E-state index in [1.807, 2.05) is 36.4 Å². The first-order chi connectivity index (χ1) is 13.2. The van der Waals surface area contributed by atoms with Crippen LogP contribution in [0.4, 0.5) is 0 Å². The molecule has 1 aliphatic carbocycles. The smallest absolute Gasteiger partial charge is 0.234 e. The molecule has 2 saturated heterocycles. The Labute approximate surface area is 157 Å². The Hall–Kier alpha value is -2.47. The lowest BCUT2D eigenvalue weighted by atomic mass is 9.85. The summed E-state index contributed by atoms with van der Waals surface area (Å²) >= 11 is 0. The summed E-state index contributed by atoms with van der Waals surface area (Å²) in [6.45, 7) is 2.10. The van der Waals surface area contributed by atoms with Gasteiger partial charge in [0.25, 0.3) is 0 Å². The van der Waals surface area contributed by atoms with Crippen LogP contribution in [0.1, 0.15) is 37.5 Å². The Morgan fingerprint density at radius 1 is 1.00 bits per heavy atom. The van der Waals surface area contributed by atoms with Gasteiger partial charge in [-0.1, -0.05) is 24.3 Å². The number of rotatable bonds is 3. The highest BCUT2D eigenvalue weighted by Gasteiger charge is 2.47. The van der Waals surface area contributed by atoms with Gasteiger partial charge in [-0.25, -0.2) is 4.98 Å². The van der Waals surface area contributed by atoms with Crippen molar-refractivity contribution in [3.8, 4) is 0 Å². The minimum Gasteiger partial charge on any atom is -0.440 e. The lowest BCUT2D eigenvalue weighted by Gasteiger charge is -2.32. The van der Waals surface area contributed by atoms with Crippen LogP contribution in [-0.2, 0) is 9.59 Å². The molecule has 1 aromatic carbocycles. The summed E-state index contributed by atoms with van der Waals surface area (Å²) in [5.74, 6) is 0.845. The van der Waals surface area contributed by atoms with Gasteiger partial charge < -0.3 is 4.42 Å². The van der Waals surface area contributed by atoms with Crippen molar-refractivity contribution in [1.29, 1.82) is 0 Å². The zero-order valence-electron chi connectivity index (χ0n) is 15.2. The van der Waals surface area contributed by atoms with Gasteiger partial charge in [0.1, 0.15) is 5.52 Å². The zero-order chi connectivity index (χ0) is 18.4. The average molecular weight is 365 g/mol. The molecule has 2 aromatic rings. The van der Waals surface area contributed by atoms with E-state index < -0.39 is 0 Å². The summed E-state index contributed by atoms with van der Waals surface area (Å²) in [7, 11) is 0. The third-order valence-corrected chi connectivity index (χ3v) is 6.19. The number of oxazole rings is 1. The second kappa shape index (κ2) is 6.60. The molecule has 5 rings (SSSR count). The highest BCUT2D eigenvalue weighted by Crippen LogP contribution is 2.36. The molecule has 0 spiro atoms. The highest BCUT2D eigenvalue weighted by atomic mass is 16.3. The van der Waals surface area contributed by atoms with Crippen molar-refractivity contribution in [1.82, 2.24) is 14.8 Å². The van der Waals surface area contributed by atoms with Gasteiger partial charge in [-0.2, -0.15) is 0 Å². The van der Waals surface area contributed by atoms with Crippen molar-refractivity contribution in [2.45, 2.75) is 31.6 Å². The molecule has 3 aliphatic rings. The predicted molar refractivity (Wildman–Crippen MR) is 99.6 cm³/mol. The molecule has 2 amide bonds. The Bertz CT molecular complexity index is 851. The van der Waals surface area contributed by atoms with Crippen LogP contribution in [0.15, 0.2) is 40.8 Å². The van der Waals surface area contributed by atoms with E-state index in [9.17, 15) is 9.59 Å². The van der Waals surface area contributed by atoms with E-state index >= 15 is 0 Å². The molecule has 27 heavy (non-hydrogen) atoms. The fraction of sp³-hybridized carbons (Fsp3) is 0.476. The first-order valence-corrected chi connectivity index (χ1v) is 9.79. The largest absolute Gasteiger partial charge is 0.440 e. The second-order valence-electron chi connectivity index (χ2n) is 7.81. The number of likely N-dealkylation sites (tertiary alicyclic amines) is 2. The number of carbonyl (C=O) groups excluding carboxylic acids is 2. The molecular weight excluding hydrogens is 342 g/mol. The van der Waals surface area contributed by atoms with Gasteiger partial charge in [-0.3, -0.25) is 19.4 Å². The topological polar surface area (TPSA) is 66.7 Å². The van der Waals surface area contributed by atoms with E-state index in [0.717, 1.165) is 42.9 Å². The number of carbonyl (C=O) groups is 2. The lowest BCUT2D eigenvalue weighted by Crippen LogP contribution is -2.44. The van der Waals surface area contributed by atoms with Crippen molar-refractivity contribution in [3.05, 3.63) is 42.3 Å². The molecule has 6 heteroatoms. The molecule has 1 aromatic heterocycles. The second-order valence-corrected chi connectivity index (χ2v) is 7.81. The lowest BCUT2D eigenvalue weighted by molar-refractivity contribution is -0.142. The van der Waals surface area contributed by atoms with E-state index in [4.69, 9.17) is 4.42 Å². The Kier molecular flexibility index (Phi) is 4.08. The number of para-hydroxylation sites is 2. The van der Waals surface area contributed by atoms with Crippen LogP contribution in [-0.4, -0.2) is 46.4 Å². The molecule has 0 N–H and O–H groups in total. The monoisotopic (exact) mass is 365 g/mol. The molecule has 0 saturated carbocycles. The van der Waals surface area contributed by atoms with Crippen LogP contribution >= 0.6 is 0 Å². The van der Waals surface area contributed by atoms with Gasteiger partial charge in [0.05, 0.1) is 18.5 Å². The third kappa shape index (κ3) is 2.88. The summed E-state index contributed by atoms with van der Waals surface area (Å²) in [6.07, 6.45) is 7.31. The number of fused-ring (bicyclic) bond motifs is 2. The summed E-state index contributed by atoms with van der Waals surface area (Å²) in [5.41, 5.74) is 1.74. The van der Waals surface area contributed by atoms with Gasteiger partial charge in [-0.15, -0.1) is 0 Å². The van der Waals surface area contributed by atoms with Crippen LogP contribution in [0, 0.1) is 11.8 Å². The number of imide groups is 1. The molecule has 6 nitrogen and oxygen atoms in total. The van der Waals surface area contributed by atoms with Crippen molar-refractivity contribution in [2.24, 2.45) is 11.8 Å². The maximum Gasteiger partial charge on any atom is 0.234 e. The van der Waals surface area contributed by atoms with Crippen LogP contribution in [0.5, 0.6) is 0 Å². The van der Waals surface area contributed by atoms with Gasteiger partial charge in [0, 0.05) is 19.0 Å². The molecule has 2 unspecified atom stereocenters. The molecular formula is C21H23N3O3. The van der Waals surface area contributed by atoms with Crippen molar-refractivity contribution < 1.29 is 14.0 Å². The SMILES string of the molecule is O=C1C2CC=CCC2C(=O)N1CN1CCC(c2nc3ccccc3o2)CC1. The van der Waals surface area contributed by atoms with E-state index in [1.165, 1.54) is 4.90 Å². The normalized spacial score (nSPS) is 26.9. The fourth-order valence-corrected chi connectivity index (χ4v) is 4.59. The van der Waals surface area contributed by atoms with E-state index in [0.29, 0.717) is 25.4 Å². The van der Waals surface area contributed by atoms with Crippen LogP contribution < -0.4 is 0 Å². The minimum absolute atomic E-state index is 0.00965. The van der Waals surface area contributed by atoms with E-state index in [1.54, 1.807) is 0 Å². The maximum absolute atomic E-state index is 12.6. The first kappa shape index (κ1) is 16.7. The van der Waals surface area contributed by atoms with Crippen molar-refractivity contribution in [3.63, 3.8) is 0 Å². The number of allylic oxidation sites excluding steroid dienone is 2. The van der Waals surface area contributed by atoms with Gasteiger partial charge in [0.15, 0.2) is 11.5 Å². The van der Waals surface area contributed by atoms with Crippen LogP contribution in [0.2, 0.25) is 0 Å². The Morgan fingerprint density at radius 2 is 1.67 bits per heavy atom. The van der Waals surface area contributed by atoms with Crippen LogP contribution in [0.3, 0.4) is 0 Å². The zero-order valence-corrected chi connectivity index (χ0v) is 15.2. The molecule has 2 atom stereocenters. The first-order valence-electron chi connectivity index (χ1n) is 9.79. The standard InChI is InChI=1S/C21H23N3O3/c25-20-15-5-1-2-6-16(15)21(26)24(20)13-23-11-9-14(10-12-23)19-22-17-7-3-4-8-18(17)27-19/h1-4,7-8,14-16H,5-6,9-13H2. The summed E-state index contributed by atoms with van der Waals surface area (Å²) in [5, 5.41) is 0. The number of hydrogen-bond donors (Lipinski definition) is 0. The molecule has 2 aliphatic heterocycles. The fourth-order valence-electron chi connectivity index (χ4n) is 4.59. The van der Waals surface area contributed by atoms with Gasteiger partial charge in [0.2, 0.25) is 11.8 Å². The molecule has 0 radical (unpaired) electrons. The third-order valence-electron chi connectivity index (χ3n) is 6.19. The molecule has 2 fully saturated rings. The summed E-state index contributed by atoms with van der Waals surface area (Å²) in [6, 6.07) is 7.84. The van der Waals surface area contributed by atoms with E-state index in [2.05, 4.69) is 9.88 Å². The van der Waals surface area contributed by atoms with Gasteiger partial charge >= 0.3 is 0 Å². The molecule has 140 valence electrons. The van der Waals surface area contributed by atoms with Gasteiger partial charge in [-0.05, 0) is 37.8 Å². The molecule has 3 heterocycles. The number of aromatic nitrogens is 1. The number of nitrogens with zero attached hydrogens (tertiary/aromatic N) is 3. The van der Waals surface area contributed by atoms with Crippen molar-refractivity contribution in [2.75, 3.05) is 19.8 Å². The highest BCUT2D eigenvalue weighted by molar-refractivity contribution is 6.05. The number of amides is 2. The maximum atomic E-state index is 12.6.